The predicted molar refractivity (Wildman–Crippen MR) is 131 cm³/mol. The van der Waals surface area contributed by atoms with Crippen LogP contribution in [0.25, 0.3) is 0 Å². The minimum Gasteiger partial charge on any atom is -0.497 e. The fourth-order valence-corrected chi connectivity index (χ4v) is 4.42. The maximum Gasteiger partial charge on any atom is 0.173 e. The summed E-state index contributed by atoms with van der Waals surface area (Å²) in [5.41, 5.74) is 1.95. The van der Waals surface area contributed by atoms with Gasteiger partial charge >= 0.3 is 0 Å². The fourth-order valence-electron chi connectivity index (χ4n) is 4.42. The monoisotopic (exact) mass is 466 g/mol. The fraction of sp³-hybridized carbons (Fsp3) is 0.480. The predicted octanol–water partition coefficient (Wildman–Crippen LogP) is 3.37. The summed E-state index contributed by atoms with van der Waals surface area (Å²) in [5, 5.41) is 12.9. The van der Waals surface area contributed by atoms with Crippen molar-refractivity contribution >= 4 is 5.69 Å². The van der Waals surface area contributed by atoms with Crippen molar-refractivity contribution in [3.8, 4) is 17.2 Å². The SMILES string of the molecule is COc1ccc(N2CCN(C(c3ccc(OC)cc3OC)c3nnnn3C(C)(C)C)CC2)cc1. The van der Waals surface area contributed by atoms with Gasteiger partial charge in [-0.3, -0.25) is 4.90 Å². The number of benzene rings is 2. The molecule has 0 spiro atoms. The zero-order chi connectivity index (χ0) is 24.3. The van der Waals surface area contributed by atoms with E-state index >= 15 is 0 Å². The van der Waals surface area contributed by atoms with E-state index in [1.54, 1.807) is 21.3 Å². The molecule has 1 aliphatic heterocycles. The van der Waals surface area contributed by atoms with Gasteiger partial charge < -0.3 is 19.1 Å². The number of nitrogens with zero attached hydrogens (tertiary/aromatic N) is 6. The van der Waals surface area contributed by atoms with Gasteiger partial charge in [-0.2, -0.15) is 0 Å². The van der Waals surface area contributed by atoms with Crippen LogP contribution in [0.1, 0.15) is 38.2 Å². The average Bonchev–Trinajstić information content (AvgIpc) is 3.35. The summed E-state index contributed by atoms with van der Waals surface area (Å²) in [6.45, 7) is 9.80. The van der Waals surface area contributed by atoms with Gasteiger partial charge in [0.05, 0.1) is 26.9 Å². The van der Waals surface area contributed by atoms with Gasteiger partial charge in [0.15, 0.2) is 5.82 Å². The summed E-state index contributed by atoms with van der Waals surface area (Å²) in [7, 11) is 5.03. The van der Waals surface area contributed by atoms with Crippen LogP contribution in [0.4, 0.5) is 5.69 Å². The third-order valence-corrected chi connectivity index (χ3v) is 6.23. The van der Waals surface area contributed by atoms with Crippen LogP contribution in [-0.4, -0.2) is 72.6 Å². The highest BCUT2D eigenvalue weighted by Gasteiger charge is 2.35. The van der Waals surface area contributed by atoms with Crippen LogP contribution >= 0.6 is 0 Å². The molecule has 1 fully saturated rings. The molecule has 0 amide bonds. The van der Waals surface area contributed by atoms with E-state index in [1.165, 1.54) is 5.69 Å². The Bertz CT molecular complexity index is 1080. The molecule has 1 aliphatic rings. The molecule has 2 heterocycles. The number of rotatable bonds is 7. The van der Waals surface area contributed by atoms with Crippen LogP contribution in [0, 0.1) is 0 Å². The molecule has 182 valence electrons. The van der Waals surface area contributed by atoms with Crippen LogP contribution in [0.2, 0.25) is 0 Å². The quantitative estimate of drug-likeness (QED) is 0.525. The van der Waals surface area contributed by atoms with Crippen molar-refractivity contribution in [1.82, 2.24) is 25.1 Å². The Labute approximate surface area is 201 Å². The van der Waals surface area contributed by atoms with Gasteiger partial charge in [0.1, 0.15) is 23.3 Å². The molecular formula is C25H34N6O3. The zero-order valence-corrected chi connectivity index (χ0v) is 20.9. The maximum absolute atomic E-state index is 5.79. The minimum atomic E-state index is -0.262. The van der Waals surface area contributed by atoms with E-state index in [9.17, 15) is 0 Å². The van der Waals surface area contributed by atoms with E-state index in [1.807, 2.05) is 28.9 Å². The summed E-state index contributed by atoms with van der Waals surface area (Å²) in [5.74, 6) is 3.17. The second kappa shape index (κ2) is 9.89. The molecule has 2 aromatic carbocycles. The Morgan fingerprint density at radius 1 is 0.824 bits per heavy atom. The van der Waals surface area contributed by atoms with E-state index in [4.69, 9.17) is 14.2 Å². The average molecular weight is 467 g/mol. The van der Waals surface area contributed by atoms with Crippen LogP contribution in [0.3, 0.4) is 0 Å². The first-order valence-electron chi connectivity index (χ1n) is 11.5. The number of tetrazole rings is 1. The van der Waals surface area contributed by atoms with Crippen molar-refractivity contribution in [2.24, 2.45) is 0 Å². The molecule has 0 bridgehead atoms. The maximum atomic E-state index is 5.79. The molecule has 1 aromatic heterocycles. The number of piperazine rings is 1. The van der Waals surface area contributed by atoms with Crippen molar-refractivity contribution in [2.45, 2.75) is 32.4 Å². The summed E-state index contributed by atoms with van der Waals surface area (Å²) in [6.07, 6.45) is 0. The van der Waals surface area contributed by atoms with Crippen molar-refractivity contribution in [2.75, 3.05) is 52.4 Å². The highest BCUT2D eigenvalue weighted by Crippen LogP contribution is 2.37. The highest BCUT2D eigenvalue weighted by atomic mass is 16.5. The number of anilines is 1. The summed E-state index contributed by atoms with van der Waals surface area (Å²) >= 11 is 0. The van der Waals surface area contributed by atoms with Crippen LogP contribution < -0.4 is 19.1 Å². The van der Waals surface area contributed by atoms with Gasteiger partial charge in [-0.05, 0) is 67.6 Å². The van der Waals surface area contributed by atoms with Gasteiger partial charge in [0, 0.05) is 43.5 Å². The standard InChI is InChI=1S/C25H34N6O3/c1-25(2,3)31-24(26-27-28-31)23(21-12-11-20(33-5)17-22(21)34-6)30-15-13-29(14-16-30)18-7-9-19(32-4)10-8-18/h7-12,17,23H,13-16H2,1-6H3. The third-order valence-electron chi connectivity index (χ3n) is 6.23. The van der Waals surface area contributed by atoms with Crippen molar-refractivity contribution in [1.29, 1.82) is 0 Å². The topological polar surface area (TPSA) is 77.8 Å². The van der Waals surface area contributed by atoms with Crippen LogP contribution in [0.15, 0.2) is 42.5 Å². The number of methoxy groups -OCH3 is 3. The molecule has 3 aromatic rings. The molecule has 9 heteroatoms. The van der Waals surface area contributed by atoms with E-state index in [-0.39, 0.29) is 11.6 Å². The Hall–Kier alpha value is -3.33. The van der Waals surface area contributed by atoms with E-state index in [0.29, 0.717) is 0 Å². The second-order valence-corrected chi connectivity index (χ2v) is 9.35. The number of hydrogen-bond acceptors (Lipinski definition) is 8. The lowest BCUT2D eigenvalue weighted by molar-refractivity contribution is 0.188. The summed E-state index contributed by atoms with van der Waals surface area (Å²) in [4.78, 5) is 4.82. The Morgan fingerprint density at radius 3 is 2.06 bits per heavy atom. The van der Waals surface area contributed by atoms with Crippen molar-refractivity contribution < 1.29 is 14.2 Å². The van der Waals surface area contributed by atoms with Gasteiger partial charge in [-0.1, -0.05) is 0 Å². The molecule has 0 radical (unpaired) electrons. The molecule has 1 atom stereocenters. The Kier molecular flexibility index (Phi) is 6.92. The van der Waals surface area contributed by atoms with E-state index in [2.05, 4.69) is 64.3 Å². The second-order valence-electron chi connectivity index (χ2n) is 9.35. The third kappa shape index (κ3) is 4.79. The number of aromatic nitrogens is 4. The highest BCUT2D eigenvalue weighted by molar-refractivity contribution is 5.50. The lowest BCUT2D eigenvalue weighted by atomic mass is 10.00. The normalized spacial score (nSPS) is 15.8. The molecule has 0 saturated carbocycles. The van der Waals surface area contributed by atoms with Crippen LogP contribution in [-0.2, 0) is 5.54 Å². The molecule has 9 nitrogen and oxygen atoms in total. The first kappa shape index (κ1) is 23.8. The largest absolute Gasteiger partial charge is 0.497 e. The first-order chi connectivity index (χ1) is 16.4. The van der Waals surface area contributed by atoms with Gasteiger partial charge in [-0.15, -0.1) is 5.10 Å². The lowest BCUT2D eigenvalue weighted by Gasteiger charge is -2.40. The van der Waals surface area contributed by atoms with E-state index in [0.717, 1.165) is 54.8 Å². The van der Waals surface area contributed by atoms with Gasteiger partial charge in [0.2, 0.25) is 0 Å². The summed E-state index contributed by atoms with van der Waals surface area (Å²) < 4.78 is 18.4. The minimum absolute atomic E-state index is 0.159. The molecule has 34 heavy (non-hydrogen) atoms. The smallest absolute Gasteiger partial charge is 0.173 e. The molecule has 4 rings (SSSR count). The molecule has 1 saturated heterocycles. The number of ether oxygens (including phenoxy) is 3. The molecule has 0 N–H and O–H groups in total. The Balaban J connectivity index is 1.67. The van der Waals surface area contributed by atoms with Gasteiger partial charge in [0.25, 0.3) is 0 Å². The molecule has 0 aliphatic carbocycles. The zero-order valence-electron chi connectivity index (χ0n) is 20.9. The van der Waals surface area contributed by atoms with Crippen molar-refractivity contribution in [3.63, 3.8) is 0 Å². The lowest BCUT2D eigenvalue weighted by Crippen LogP contribution is -2.48. The van der Waals surface area contributed by atoms with E-state index < -0.39 is 0 Å². The molecular weight excluding hydrogens is 432 g/mol. The van der Waals surface area contributed by atoms with Gasteiger partial charge in [-0.25, -0.2) is 4.68 Å². The molecule has 1 unspecified atom stereocenters. The number of hydrogen-bond donors (Lipinski definition) is 0. The Morgan fingerprint density at radius 2 is 1.47 bits per heavy atom. The van der Waals surface area contributed by atoms with Crippen LogP contribution in [0.5, 0.6) is 17.2 Å². The first-order valence-corrected chi connectivity index (χ1v) is 11.5. The summed E-state index contributed by atoms with van der Waals surface area (Å²) in [6, 6.07) is 14.0. The van der Waals surface area contributed by atoms with Crippen molar-refractivity contribution in [3.05, 3.63) is 53.9 Å².